The number of esters is 1. The lowest BCUT2D eigenvalue weighted by atomic mass is 9.47. The van der Waals surface area contributed by atoms with Gasteiger partial charge in [-0.3, -0.25) is 9.59 Å². The molecule has 0 radical (unpaired) electrons. The second-order valence-corrected chi connectivity index (χ2v) is 18.9. The van der Waals surface area contributed by atoms with Gasteiger partial charge in [-0.2, -0.15) is 0 Å². The molecule has 1 N–H and O–H groups in total. The molecule has 9 atom stereocenters. The van der Waals surface area contributed by atoms with Crippen molar-refractivity contribution in [2.45, 2.75) is 208 Å². The standard InChI is InChI=1S/C47H80O4/c1-7-8-9-10-11-12-13-14-15-16-17-18-19-20-24-37(33-44(48)49)45(50)51-39-29-31-46(5)38(34-39)25-26-40-42-28-27-41(36(4)23-21-22-35(2)3)47(42,6)32-30-43(40)46/h19-20,25,35-37,39-43H,7-18,21-24,26-34H2,1-6H3,(H,48,49)/b20-19+/t36-,37?,39?,40+,41-,42+,43+,46+,47-/m1/s1. The van der Waals surface area contributed by atoms with E-state index in [1.54, 1.807) is 0 Å². The Balaban J connectivity index is 1.22. The molecule has 3 saturated carbocycles. The maximum absolute atomic E-state index is 13.4. The van der Waals surface area contributed by atoms with Crippen molar-refractivity contribution in [2.24, 2.45) is 52.3 Å². The van der Waals surface area contributed by atoms with E-state index < -0.39 is 11.9 Å². The maximum Gasteiger partial charge on any atom is 0.310 e. The van der Waals surface area contributed by atoms with Gasteiger partial charge < -0.3 is 9.84 Å². The van der Waals surface area contributed by atoms with Crippen molar-refractivity contribution in [1.82, 2.24) is 0 Å². The molecule has 0 amide bonds. The molecule has 2 unspecified atom stereocenters. The van der Waals surface area contributed by atoms with Crippen molar-refractivity contribution in [3.8, 4) is 0 Å². The summed E-state index contributed by atoms with van der Waals surface area (Å²) in [6.45, 7) is 14.8. The van der Waals surface area contributed by atoms with Gasteiger partial charge in [-0.1, -0.05) is 149 Å². The van der Waals surface area contributed by atoms with Crippen LogP contribution in [0.25, 0.3) is 0 Å². The highest BCUT2D eigenvalue weighted by atomic mass is 16.5. The van der Waals surface area contributed by atoms with E-state index in [0.717, 1.165) is 67.6 Å². The number of carbonyl (C=O) groups is 2. The first-order valence-electron chi connectivity index (χ1n) is 22.3. The molecule has 0 aromatic carbocycles. The summed E-state index contributed by atoms with van der Waals surface area (Å²) >= 11 is 0. The van der Waals surface area contributed by atoms with Gasteiger partial charge in [-0.25, -0.2) is 0 Å². The fourth-order valence-electron chi connectivity index (χ4n) is 11.8. The number of aliphatic carboxylic acids is 1. The van der Waals surface area contributed by atoms with Crippen molar-refractivity contribution in [2.75, 3.05) is 0 Å². The van der Waals surface area contributed by atoms with Gasteiger partial charge in [0.25, 0.3) is 0 Å². The topological polar surface area (TPSA) is 63.6 Å². The van der Waals surface area contributed by atoms with Crippen LogP contribution in [-0.4, -0.2) is 23.1 Å². The van der Waals surface area contributed by atoms with E-state index >= 15 is 0 Å². The average molecular weight is 709 g/mol. The van der Waals surface area contributed by atoms with Crippen LogP contribution in [0.4, 0.5) is 0 Å². The Morgan fingerprint density at radius 1 is 0.843 bits per heavy atom. The fourth-order valence-corrected chi connectivity index (χ4v) is 11.8. The molecule has 0 spiro atoms. The number of carbonyl (C=O) groups excluding carboxylic acids is 1. The van der Waals surface area contributed by atoms with Crippen LogP contribution in [-0.2, 0) is 14.3 Å². The molecule has 4 nitrogen and oxygen atoms in total. The lowest BCUT2D eigenvalue weighted by Gasteiger charge is -2.58. The largest absolute Gasteiger partial charge is 0.481 e. The third kappa shape index (κ3) is 11.7. The summed E-state index contributed by atoms with van der Waals surface area (Å²) in [6.07, 6.45) is 36.3. The number of unbranched alkanes of at least 4 members (excludes halogenated alkanes) is 11. The van der Waals surface area contributed by atoms with E-state index in [1.807, 2.05) is 6.08 Å². The van der Waals surface area contributed by atoms with Crippen LogP contribution in [0.15, 0.2) is 23.8 Å². The van der Waals surface area contributed by atoms with Gasteiger partial charge in [0.1, 0.15) is 6.10 Å². The average Bonchev–Trinajstić information content (AvgIpc) is 3.45. The van der Waals surface area contributed by atoms with Crippen LogP contribution in [0.2, 0.25) is 0 Å². The second kappa shape index (κ2) is 20.8. The maximum atomic E-state index is 13.4. The van der Waals surface area contributed by atoms with Gasteiger partial charge in [0.15, 0.2) is 0 Å². The number of fused-ring (bicyclic) bond motifs is 5. The summed E-state index contributed by atoms with van der Waals surface area (Å²) in [4.78, 5) is 25.1. The highest BCUT2D eigenvalue weighted by Crippen LogP contribution is 2.67. The minimum atomic E-state index is -0.920. The molecule has 3 fully saturated rings. The Hall–Kier alpha value is -1.58. The Morgan fingerprint density at radius 2 is 1.53 bits per heavy atom. The van der Waals surface area contributed by atoms with Crippen LogP contribution in [0, 0.1) is 52.3 Å². The smallest absolute Gasteiger partial charge is 0.310 e. The number of hydrogen-bond acceptors (Lipinski definition) is 3. The van der Waals surface area contributed by atoms with Gasteiger partial charge in [0.2, 0.25) is 0 Å². The molecule has 0 saturated heterocycles. The predicted octanol–water partition coefficient (Wildman–Crippen LogP) is 13.7. The molecular formula is C47H80O4. The van der Waals surface area contributed by atoms with Gasteiger partial charge in [0.05, 0.1) is 12.3 Å². The number of ether oxygens (including phenoxy) is 1. The summed E-state index contributed by atoms with van der Waals surface area (Å²) in [6, 6.07) is 0. The number of carboxylic acid groups (broad SMARTS) is 1. The molecule has 292 valence electrons. The first-order valence-corrected chi connectivity index (χ1v) is 22.3. The molecule has 4 aliphatic carbocycles. The first-order chi connectivity index (χ1) is 24.5. The van der Waals surface area contributed by atoms with Crippen molar-refractivity contribution >= 4 is 11.9 Å². The van der Waals surface area contributed by atoms with Crippen LogP contribution >= 0.6 is 0 Å². The Labute approximate surface area is 314 Å². The van der Waals surface area contributed by atoms with E-state index in [-0.39, 0.29) is 23.9 Å². The Bertz CT molecular complexity index is 1120. The van der Waals surface area contributed by atoms with Crippen molar-refractivity contribution in [3.05, 3.63) is 23.8 Å². The third-order valence-electron chi connectivity index (χ3n) is 14.9. The van der Waals surface area contributed by atoms with Gasteiger partial charge in [-0.05, 0) is 111 Å². The fraction of sp³-hybridized carbons (Fsp3) is 0.872. The Morgan fingerprint density at radius 3 is 2.20 bits per heavy atom. The molecule has 0 aliphatic heterocycles. The van der Waals surface area contributed by atoms with E-state index in [1.165, 1.54) is 121 Å². The van der Waals surface area contributed by atoms with E-state index in [2.05, 4.69) is 53.7 Å². The zero-order chi connectivity index (χ0) is 36.9. The zero-order valence-electron chi connectivity index (χ0n) is 34.2. The molecule has 0 heterocycles. The number of carboxylic acids is 1. The number of rotatable bonds is 23. The second-order valence-electron chi connectivity index (χ2n) is 18.9. The van der Waals surface area contributed by atoms with Crippen molar-refractivity contribution < 1.29 is 19.4 Å². The number of allylic oxidation sites excluding steroid dienone is 3. The molecule has 4 heteroatoms. The minimum Gasteiger partial charge on any atom is -0.481 e. The summed E-state index contributed by atoms with van der Waals surface area (Å²) in [5.41, 5.74) is 2.23. The summed E-state index contributed by atoms with van der Waals surface area (Å²) in [5.74, 6) is 3.07. The first kappa shape index (κ1) is 42.2. The summed E-state index contributed by atoms with van der Waals surface area (Å²) < 4.78 is 6.15. The molecule has 4 rings (SSSR count). The normalized spacial score (nSPS) is 31.5. The lowest BCUT2D eigenvalue weighted by molar-refractivity contribution is -0.159. The summed E-state index contributed by atoms with van der Waals surface area (Å²) in [7, 11) is 0. The van der Waals surface area contributed by atoms with Gasteiger partial charge in [0, 0.05) is 6.42 Å². The molecule has 0 aromatic heterocycles. The predicted molar refractivity (Wildman–Crippen MR) is 214 cm³/mol. The third-order valence-corrected chi connectivity index (χ3v) is 14.9. The summed E-state index contributed by atoms with van der Waals surface area (Å²) in [5, 5.41) is 9.60. The molecule has 0 aromatic rings. The van der Waals surface area contributed by atoms with Gasteiger partial charge >= 0.3 is 11.9 Å². The quantitative estimate of drug-likeness (QED) is 0.0652. The lowest BCUT2D eigenvalue weighted by Crippen LogP contribution is -2.51. The van der Waals surface area contributed by atoms with Crippen LogP contribution in [0.1, 0.15) is 202 Å². The SMILES string of the molecule is CCCCCCCCCCCCC/C=C/CC(CC(=O)O)C(=O)OC1CC[C@@]2(C)C(=CC[C@H]3[C@@H]4CC[C@H]([C@H](C)CCCC(C)C)[C@@]4(C)CC[C@@H]32)C1. The van der Waals surface area contributed by atoms with E-state index in [4.69, 9.17) is 4.74 Å². The van der Waals surface area contributed by atoms with Crippen LogP contribution in [0.5, 0.6) is 0 Å². The highest BCUT2D eigenvalue weighted by molar-refractivity contribution is 5.79. The highest BCUT2D eigenvalue weighted by Gasteiger charge is 2.59. The minimum absolute atomic E-state index is 0.124. The van der Waals surface area contributed by atoms with E-state index in [0.29, 0.717) is 11.8 Å². The molecule has 0 bridgehead atoms. The monoisotopic (exact) mass is 709 g/mol. The van der Waals surface area contributed by atoms with Crippen molar-refractivity contribution in [3.63, 3.8) is 0 Å². The molecule has 4 aliphatic rings. The van der Waals surface area contributed by atoms with Gasteiger partial charge in [-0.15, -0.1) is 0 Å². The Kier molecular flexibility index (Phi) is 17.2. The molecule has 51 heavy (non-hydrogen) atoms. The van der Waals surface area contributed by atoms with Crippen molar-refractivity contribution in [1.29, 1.82) is 0 Å². The van der Waals surface area contributed by atoms with Crippen LogP contribution < -0.4 is 0 Å². The molecular weight excluding hydrogens is 629 g/mol. The number of hydrogen-bond donors (Lipinski definition) is 1. The van der Waals surface area contributed by atoms with Crippen LogP contribution in [0.3, 0.4) is 0 Å². The van der Waals surface area contributed by atoms with E-state index in [9.17, 15) is 14.7 Å². The zero-order valence-corrected chi connectivity index (χ0v) is 34.2.